The van der Waals surface area contributed by atoms with E-state index < -0.39 is 10.0 Å². The first kappa shape index (κ1) is 23.8. The zero-order valence-corrected chi connectivity index (χ0v) is 21.2. The number of hydrogen-bond donors (Lipinski definition) is 0. The average molecular weight is 488 g/mol. The van der Waals surface area contributed by atoms with Gasteiger partial charge in [0.2, 0.25) is 10.0 Å². The minimum Gasteiger partial charge on any atom is -0.498 e. The minimum atomic E-state index is -3.75. The first-order valence-corrected chi connectivity index (χ1v) is 14.0. The highest BCUT2D eigenvalue weighted by atomic mass is 32.2. The van der Waals surface area contributed by atoms with Crippen LogP contribution in [-0.2, 0) is 14.8 Å². The van der Waals surface area contributed by atoms with Gasteiger partial charge < -0.3 is 4.74 Å². The second kappa shape index (κ2) is 10.00. The molecule has 1 heterocycles. The van der Waals surface area contributed by atoms with Gasteiger partial charge in [0.25, 0.3) is 0 Å². The molecule has 1 saturated carbocycles. The third-order valence-corrected chi connectivity index (χ3v) is 9.33. The summed E-state index contributed by atoms with van der Waals surface area (Å²) in [5, 5.41) is 0. The third kappa shape index (κ3) is 4.67. The van der Waals surface area contributed by atoms with Crippen molar-refractivity contribution < 1.29 is 13.2 Å². The fourth-order valence-electron chi connectivity index (χ4n) is 5.68. The van der Waals surface area contributed by atoms with Crippen LogP contribution in [0.4, 0.5) is 0 Å². The Morgan fingerprint density at radius 1 is 0.857 bits per heavy atom. The standard InChI is InChI=1S/C30H33NO3S/c1-3-34-30-21-28(24-12-8-5-9-13-24)31(35(32,33)26-17-14-22(2)15-18-26)29-20-25(16-19-27(29)30)23-10-6-4-7-11-23/h4-15,17-18,25,28-29H,3,16,19-21H2,1-2H3. The summed E-state index contributed by atoms with van der Waals surface area (Å²) >= 11 is 0. The Balaban J connectivity index is 1.65. The van der Waals surface area contributed by atoms with Crippen LogP contribution < -0.4 is 0 Å². The predicted molar refractivity (Wildman–Crippen MR) is 139 cm³/mol. The third-order valence-electron chi connectivity index (χ3n) is 7.39. The molecule has 3 aromatic rings. The first-order valence-electron chi connectivity index (χ1n) is 12.5. The lowest BCUT2D eigenvalue weighted by atomic mass is 9.75. The molecule has 3 aromatic carbocycles. The number of sulfonamides is 1. The van der Waals surface area contributed by atoms with E-state index in [4.69, 9.17) is 4.74 Å². The van der Waals surface area contributed by atoms with Crippen LogP contribution in [0, 0.1) is 6.92 Å². The molecule has 5 rings (SSSR count). The van der Waals surface area contributed by atoms with E-state index in [-0.39, 0.29) is 12.1 Å². The van der Waals surface area contributed by atoms with Crippen molar-refractivity contribution in [3.05, 3.63) is 113 Å². The zero-order chi connectivity index (χ0) is 24.4. The van der Waals surface area contributed by atoms with Gasteiger partial charge in [0, 0.05) is 6.42 Å². The topological polar surface area (TPSA) is 46.6 Å². The lowest BCUT2D eigenvalue weighted by Crippen LogP contribution is -2.49. The van der Waals surface area contributed by atoms with E-state index in [9.17, 15) is 8.42 Å². The Kier molecular flexibility index (Phi) is 6.81. The molecule has 1 aliphatic heterocycles. The highest BCUT2D eigenvalue weighted by molar-refractivity contribution is 7.89. The van der Waals surface area contributed by atoms with Crippen molar-refractivity contribution in [1.82, 2.24) is 4.31 Å². The molecule has 35 heavy (non-hydrogen) atoms. The van der Waals surface area contributed by atoms with Crippen LogP contribution in [-0.4, -0.2) is 25.4 Å². The largest absolute Gasteiger partial charge is 0.498 e. The molecule has 182 valence electrons. The molecule has 3 unspecified atom stereocenters. The van der Waals surface area contributed by atoms with Crippen molar-refractivity contribution >= 4 is 10.0 Å². The van der Waals surface area contributed by atoms with Gasteiger partial charge in [0.1, 0.15) is 0 Å². The van der Waals surface area contributed by atoms with Crippen molar-refractivity contribution in [3.63, 3.8) is 0 Å². The van der Waals surface area contributed by atoms with E-state index in [1.54, 1.807) is 16.4 Å². The minimum absolute atomic E-state index is 0.235. The number of ether oxygens (including phenoxy) is 1. The highest BCUT2D eigenvalue weighted by Gasteiger charge is 2.47. The second-order valence-corrected chi connectivity index (χ2v) is 11.4. The Labute approximate surface area is 209 Å². The fourth-order valence-corrected chi connectivity index (χ4v) is 7.49. The molecule has 0 spiro atoms. The first-order chi connectivity index (χ1) is 17.0. The lowest BCUT2D eigenvalue weighted by molar-refractivity contribution is 0.137. The Morgan fingerprint density at radius 2 is 1.49 bits per heavy atom. The average Bonchev–Trinajstić information content (AvgIpc) is 2.89. The van der Waals surface area contributed by atoms with E-state index in [1.165, 1.54) is 5.56 Å². The molecule has 0 radical (unpaired) electrons. The smallest absolute Gasteiger partial charge is 0.244 e. The van der Waals surface area contributed by atoms with Crippen LogP contribution in [0.5, 0.6) is 0 Å². The summed E-state index contributed by atoms with van der Waals surface area (Å²) in [6.07, 6.45) is 3.16. The second-order valence-electron chi connectivity index (χ2n) is 9.56. The molecule has 1 aliphatic carbocycles. The van der Waals surface area contributed by atoms with E-state index in [0.717, 1.165) is 41.7 Å². The SMILES string of the molecule is CCOC1=C2CCC(c3ccccc3)CC2N(S(=O)(=O)c2ccc(C)cc2)C(c2ccccc2)C1. The van der Waals surface area contributed by atoms with Gasteiger partial charge in [-0.3, -0.25) is 0 Å². The van der Waals surface area contributed by atoms with Gasteiger partial charge in [-0.1, -0.05) is 78.4 Å². The van der Waals surface area contributed by atoms with Crippen LogP contribution in [0.3, 0.4) is 0 Å². The summed E-state index contributed by atoms with van der Waals surface area (Å²) < 4.78 is 36.6. The Hall–Kier alpha value is -2.89. The van der Waals surface area contributed by atoms with Crippen LogP contribution in [0.1, 0.15) is 61.3 Å². The maximum Gasteiger partial charge on any atom is 0.244 e. The molecular formula is C30H33NO3S. The van der Waals surface area contributed by atoms with Gasteiger partial charge in [0.05, 0.1) is 29.3 Å². The van der Waals surface area contributed by atoms with E-state index in [2.05, 4.69) is 24.3 Å². The summed E-state index contributed by atoms with van der Waals surface area (Å²) in [5.74, 6) is 1.28. The molecular weight excluding hydrogens is 454 g/mol. The van der Waals surface area contributed by atoms with Crippen LogP contribution in [0.2, 0.25) is 0 Å². The quantitative estimate of drug-likeness (QED) is 0.386. The van der Waals surface area contributed by atoms with Crippen molar-refractivity contribution in [1.29, 1.82) is 0 Å². The van der Waals surface area contributed by atoms with Crippen molar-refractivity contribution in [2.45, 2.75) is 62.4 Å². The molecule has 4 nitrogen and oxygen atoms in total. The van der Waals surface area contributed by atoms with Crippen molar-refractivity contribution in [2.75, 3.05) is 6.61 Å². The molecule has 0 aromatic heterocycles. The van der Waals surface area contributed by atoms with Gasteiger partial charge in [-0.25, -0.2) is 8.42 Å². The molecule has 2 aliphatic rings. The summed E-state index contributed by atoms with van der Waals surface area (Å²) in [6.45, 7) is 4.57. The van der Waals surface area contributed by atoms with Crippen LogP contribution in [0.25, 0.3) is 0 Å². The van der Waals surface area contributed by atoms with Gasteiger partial charge >= 0.3 is 0 Å². The molecule has 5 heteroatoms. The molecule has 0 amide bonds. The number of nitrogens with zero attached hydrogens (tertiary/aromatic N) is 1. The Bertz CT molecular complexity index is 1280. The van der Waals surface area contributed by atoms with Crippen molar-refractivity contribution in [3.8, 4) is 0 Å². The zero-order valence-electron chi connectivity index (χ0n) is 20.4. The monoisotopic (exact) mass is 487 g/mol. The van der Waals surface area contributed by atoms with Gasteiger partial charge in [-0.2, -0.15) is 4.31 Å². The van der Waals surface area contributed by atoms with Gasteiger partial charge in [-0.15, -0.1) is 0 Å². The molecule has 0 bridgehead atoms. The Morgan fingerprint density at radius 3 is 2.11 bits per heavy atom. The molecule has 3 atom stereocenters. The highest BCUT2D eigenvalue weighted by Crippen LogP contribution is 2.49. The number of fused-ring (bicyclic) bond motifs is 1. The van der Waals surface area contributed by atoms with Crippen LogP contribution in [0.15, 0.2) is 101 Å². The summed E-state index contributed by atoms with van der Waals surface area (Å²) in [4.78, 5) is 0.352. The van der Waals surface area contributed by atoms with E-state index >= 15 is 0 Å². The molecule has 0 N–H and O–H groups in total. The van der Waals surface area contributed by atoms with E-state index in [0.29, 0.717) is 23.8 Å². The number of rotatable bonds is 6. The number of hydrogen-bond acceptors (Lipinski definition) is 3. The molecule has 0 saturated heterocycles. The predicted octanol–water partition coefficient (Wildman–Crippen LogP) is 6.76. The lowest BCUT2D eigenvalue weighted by Gasteiger charge is -2.46. The maximum atomic E-state index is 14.3. The number of benzene rings is 3. The summed E-state index contributed by atoms with van der Waals surface area (Å²) in [5.41, 5.74) is 4.48. The number of aryl methyl sites for hydroxylation is 1. The fraction of sp³-hybridized carbons (Fsp3) is 0.333. The van der Waals surface area contributed by atoms with E-state index in [1.807, 2.05) is 62.4 Å². The van der Waals surface area contributed by atoms with Crippen LogP contribution >= 0.6 is 0 Å². The molecule has 1 fully saturated rings. The van der Waals surface area contributed by atoms with Gasteiger partial charge in [0.15, 0.2) is 0 Å². The summed E-state index contributed by atoms with van der Waals surface area (Å²) in [7, 11) is -3.75. The normalized spacial score (nSPS) is 23.1. The van der Waals surface area contributed by atoms with Gasteiger partial charge in [-0.05, 0) is 67.9 Å². The summed E-state index contributed by atoms with van der Waals surface area (Å²) in [6, 6.07) is 27.2. The maximum absolute atomic E-state index is 14.3. The van der Waals surface area contributed by atoms with Crippen molar-refractivity contribution in [2.24, 2.45) is 0 Å².